The van der Waals surface area contributed by atoms with Crippen LogP contribution in [0.15, 0.2) is 39.6 Å². The Morgan fingerprint density at radius 1 is 1.38 bits per heavy atom. The molecule has 0 radical (unpaired) electrons. The molecule has 0 aromatic heterocycles. The molecular weight excluding hydrogens is 233 g/mol. The predicted octanol–water partition coefficient (Wildman–Crippen LogP) is -0.247. The predicted molar refractivity (Wildman–Crippen MR) is 62.1 cm³/mol. The summed E-state index contributed by atoms with van der Waals surface area (Å²) in [5.41, 5.74) is 1.66. The Balaban J connectivity index is 0.00000128. The third-order valence-electron chi connectivity index (χ3n) is 1.97. The fourth-order valence-electron chi connectivity index (χ4n) is 1.27. The summed E-state index contributed by atoms with van der Waals surface area (Å²) in [5.74, 6) is -0.857. The molecule has 0 amide bonds. The van der Waals surface area contributed by atoms with E-state index in [0.29, 0.717) is 5.71 Å². The van der Waals surface area contributed by atoms with Crippen LogP contribution in [0, 0.1) is 0 Å². The number of benzene rings is 1. The molecule has 1 N–H and O–H groups in total. The molecule has 0 aliphatic carbocycles. The summed E-state index contributed by atoms with van der Waals surface area (Å²) in [4.78, 5) is 11.6. The molecule has 0 saturated heterocycles. The number of carboxylic acid groups (broad SMARTS) is 1. The van der Waals surface area contributed by atoms with E-state index in [1.54, 1.807) is 6.08 Å². The first-order valence-corrected chi connectivity index (χ1v) is 5.26. The molecule has 2 rings (SSSR count). The average molecular weight is 243 g/mol. The molecule has 0 bridgehead atoms. The first-order chi connectivity index (χ1) is 7.25. The zero-order valence-corrected chi connectivity index (χ0v) is 11.7. The topological polar surface area (TPSA) is 49.7 Å². The fraction of sp³-hybridized carbons (Fsp3) is 0.0909. The minimum atomic E-state index is -0.857. The number of aliphatic carboxylic acids is 1. The van der Waals surface area contributed by atoms with E-state index >= 15 is 0 Å². The molecule has 3 nitrogen and oxygen atoms in total. The van der Waals surface area contributed by atoms with Gasteiger partial charge in [-0.1, -0.05) is 24.3 Å². The maximum absolute atomic E-state index is 10.5. The second-order valence-corrected chi connectivity index (χ2v) is 3.92. The van der Waals surface area contributed by atoms with Crippen LogP contribution in [0.2, 0.25) is 0 Å². The number of carbonyl (C=O) groups is 1. The number of fused-ring (bicyclic) bond motifs is 1. The van der Waals surface area contributed by atoms with Gasteiger partial charge in [-0.3, -0.25) is 4.79 Å². The van der Waals surface area contributed by atoms with Crippen LogP contribution in [0.1, 0.15) is 13.4 Å². The van der Waals surface area contributed by atoms with Gasteiger partial charge >= 0.3 is 35.5 Å². The van der Waals surface area contributed by atoms with E-state index in [4.69, 9.17) is 5.11 Å². The van der Waals surface area contributed by atoms with Crippen molar-refractivity contribution in [2.24, 2.45) is 4.40 Å². The van der Waals surface area contributed by atoms with Gasteiger partial charge in [0.1, 0.15) is 0 Å². The minimum Gasteiger partial charge on any atom is -1.00 e. The van der Waals surface area contributed by atoms with E-state index in [9.17, 15) is 4.79 Å². The van der Waals surface area contributed by atoms with E-state index in [-0.39, 0.29) is 37.4 Å². The van der Waals surface area contributed by atoms with Gasteiger partial charge in [-0.25, -0.2) is 4.40 Å². The van der Waals surface area contributed by atoms with Crippen LogP contribution in [-0.4, -0.2) is 16.8 Å². The van der Waals surface area contributed by atoms with Gasteiger partial charge in [-0.2, -0.15) is 0 Å². The minimum absolute atomic E-state index is 0. The first-order valence-electron chi connectivity index (χ1n) is 4.48. The third kappa shape index (κ3) is 3.49. The Labute approximate surface area is 122 Å². The van der Waals surface area contributed by atoms with Crippen molar-refractivity contribution >= 4 is 29.7 Å². The molecule has 0 unspecified atom stereocenters. The number of rotatable bonds is 2. The maximum Gasteiger partial charge on any atom is 1.00 e. The van der Waals surface area contributed by atoms with Crippen LogP contribution in [0.3, 0.4) is 0 Å². The quantitative estimate of drug-likeness (QED) is 0.576. The molecule has 5 heteroatoms. The Bertz CT molecular complexity index is 463. The molecular formula is C11H10NNaO2S. The molecule has 0 atom stereocenters. The average Bonchev–Trinajstić information content (AvgIpc) is 2.41. The van der Waals surface area contributed by atoms with E-state index in [2.05, 4.69) is 4.40 Å². The fourth-order valence-corrected chi connectivity index (χ4v) is 1.99. The van der Waals surface area contributed by atoms with Crippen molar-refractivity contribution in [1.29, 1.82) is 0 Å². The molecule has 0 spiro atoms. The summed E-state index contributed by atoms with van der Waals surface area (Å²) in [6, 6.07) is 7.85. The normalized spacial score (nSPS) is 13.1. The van der Waals surface area contributed by atoms with Gasteiger partial charge in [-0.05, 0) is 17.7 Å². The number of hydrogen-bond acceptors (Lipinski definition) is 3. The van der Waals surface area contributed by atoms with Crippen LogP contribution in [0.25, 0.3) is 6.08 Å². The summed E-state index contributed by atoms with van der Waals surface area (Å²) >= 11 is 1.32. The number of allylic oxidation sites excluding steroid dienone is 1. The van der Waals surface area contributed by atoms with Crippen LogP contribution >= 0.6 is 11.9 Å². The SMILES string of the molecule is O=C(O)CC1=NSc2ccccc2C=C1.[H-].[Na+]. The standard InChI is InChI=1S/C11H9NO2S.Na.H/c13-11(14)7-9-6-5-8-3-1-2-4-10(8)15-12-9;;/h1-6H,7H2,(H,13,14);;/q;+1;-1. The van der Waals surface area contributed by atoms with Crippen molar-refractivity contribution in [3.63, 3.8) is 0 Å². The zero-order valence-electron chi connectivity index (χ0n) is 9.88. The van der Waals surface area contributed by atoms with Crippen LogP contribution in [0.5, 0.6) is 0 Å². The zero-order chi connectivity index (χ0) is 10.7. The molecule has 16 heavy (non-hydrogen) atoms. The van der Waals surface area contributed by atoms with Crippen LogP contribution in [-0.2, 0) is 4.79 Å². The van der Waals surface area contributed by atoms with Gasteiger partial charge in [0.15, 0.2) is 0 Å². The van der Waals surface area contributed by atoms with E-state index in [1.165, 1.54) is 11.9 Å². The second-order valence-electron chi connectivity index (χ2n) is 3.12. The molecule has 1 aliphatic heterocycles. The summed E-state index contributed by atoms with van der Waals surface area (Å²) in [5, 5.41) is 8.65. The molecule has 1 aliphatic rings. The summed E-state index contributed by atoms with van der Waals surface area (Å²) in [7, 11) is 0. The Morgan fingerprint density at radius 2 is 2.12 bits per heavy atom. The monoisotopic (exact) mass is 243 g/mol. The second kappa shape index (κ2) is 6.25. The smallest absolute Gasteiger partial charge is 1.00 e. The maximum atomic E-state index is 10.5. The molecule has 78 valence electrons. The largest absolute Gasteiger partial charge is 1.00 e. The van der Waals surface area contributed by atoms with Gasteiger partial charge in [-0.15, -0.1) is 0 Å². The number of carboxylic acids is 1. The van der Waals surface area contributed by atoms with E-state index in [1.807, 2.05) is 30.3 Å². The molecule has 1 aromatic rings. The Hall–Kier alpha value is -0.550. The van der Waals surface area contributed by atoms with E-state index < -0.39 is 5.97 Å². The van der Waals surface area contributed by atoms with Crippen LogP contribution < -0.4 is 29.6 Å². The van der Waals surface area contributed by atoms with Crippen molar-refractivity contribution < 1.29 is 40.9 Å². The van der Waals surface area contributed by atoms with Gasteiger partial charge < -0.3 is 6.53 Å². The van der Waals surface area contributed by atoms with Crippen molar-refractivity contribution in [1.82, 2.24) is 0 Å². The Kier molecular flexibility index (Phi) is 5.28. The van der Waals surface area contributed by atoms with Crippen molar-refractivity contribution in [2.45, 2.75) is 11.3 Å². The summed E-state index contributed by atoms with van der Waals surface area (Å²) in [6.45, 7) is 0. The van der Waals surface area contributed by atoms with Crippen molar-refractivity contribution in [3.05, 3.63) is 35.9 Å². The van der Waals surface area contributed by atoms with E-state index in [0.717, 1.165) is 10.5 Å². The summed E-state index contributed by atoms with van der Waals surface area (Å²) in [6.07, 6.45) is 3.63. The Morgan fingerprint density at radius 3 is 2.88 bits per heavy atom. The van der Waals surface area contributed by atoms with Gasteiger partial charge in [0.05, 0.1) is 12.1 Å². The van der Waals surface area contributed by atoms with Gasteiger partial charge in [0.25, 0.3) is 0 Å². The van der Waals surface area contributed by atoms with Crippen molar-refractivity contribution in [2.75, 3.05) is 0 Å². The van der Waals surface area contributed by atoms with Gasteiger partial charge in [0.2, 0.25) is 0 Å². The summed E-state index contributed by atoms with van der Waals surface area (Å²) < 4.78 is 4.17. The molecule has 1 aromatic carbocycles. The number of nitrogens with zero attached hydrogens (tertiary/aromatic N) is 1. The van der Waals surface area contributed by atoms with Gasteiger partial charge in [0, 0.05) is 16.8 Å². The van der Waals surface area contributed by atoms with Crippen LogP contribution in [0.4, 0.5) is 0 Å². The third-order valence-corrected chi connectivity index (χ3v) is 2.86. The van der Waals surface area contributed by atoms with Crippen molar-refractivity contribution in [3.8, 4) is 0 Å². The number of hydrogen-bond donors (Lipinski definition) is 1. The molecule has 0 saturated carbocycles. The first kappa shape index (κ1) is 13.5. The molecule has 1 heterocycles. The molecule has 0 fully saturated rings.